The van der Waals surface area contributed by atoms with Gasteiger partial charge in [0.25, 0.3) is 0 Å². The van der Waals surface area contributed by atoms with Crippen molar-refractivity contribution in [3.8, 4) is 0 Å². The van der Waals surface area contributed by atoms with Gasteiger partial charge in [-0.3, -0.25) is 0 Å². The second-order valence-corrected chi connectivity index (χ2v) is 3.35. The smallest absolute Gasteiger partial charge is 0.406 e. The molecule has 0 rings (SSSR count). The maximum atomic E-state index is 10.3. The summed E-state index contributed by atoms with van der Waals surface area (Å²) in [6.07, 6.45) is -1.06. The van der Waals surface area contributed by atoms with E-state index in [-0.39, 0.29) is 6.61 Å². The largest absolute Gasteiger partial charge is 0.419 e. The van der Waals surface area contributed by atoms with Crippen molar-refractivity contribution in [2.24, 2.45) is 11.1 Å². The van der Waals surface area contributed by atoms with Gasteiger partial charge in [-0.25, -0.2) is 4.79 Å². The van der Waals surface area contributed by atoms with Gasteiger partial charge in [0.2, 0.25) is 6.29 Å². The van der Waals surface area contributed by atoms with Crippen LogP contribution in [-0.4, -0.2) is 29.2 Å². The third-order valence-corrected chi connectivity index (χ3v) is 2.01. The van der Waals surface area contributed by atoms with Crippen LogP contribution in [0.5, 0.6) is 0 Å². The topological polar surface area (TPSA) is 92.8 Å². The molecule has 0 fully saturated rings. The average molecular weight is 191 g/mol. The van der Waals surface area contributed by atoms with Gasteiger partial charge in [0.15, 0.2) is 0 Å². The predicted octanol–water partition coefficient (Wildman–Crippen LogP) is 0.199. The molecule has 0 aliphatic heterocycles. The molecule has 0 aromatic rings. The van der Waals surface area contributed by atoms with E-state index >= 15 is 0 Å². The Morgan fingerprint density at radius 2 is 2.23 bits per heavy atom. The van der Waals surface area contributed by atoms with Crippen LogP contribution in [0.25, 0.3) is 0 Å². The summed E-state index contributed by atoms with van der Waals surface area (Å²) in [6.45, 7) is 3.28. The zero-order chi connectivity index (χ0) is 10.5. The quantitative estimate of drug-likeness (QED) is 0.541. The maximum Gasteiger partial charge on any atom is 0.406 e. The molecule has 1 amide bonds. The molecular weight excluding hydrogens is 174 g/mol. The van der Waals surface area contributed by atoms with E-state index in [0.29, 0.717) is 6.42 Å². The van der Waals surface area contributed by atoms with Crippen LogP contribution in [0.15, 0.2) is 0 Å². The molecule has 0 aromatic carbocycles. The van der Waals surface area contributed by atoms with Crippen LogP contribution >= 0.6 is 0 Å². The standard InChI is InChI=1S/C8H17NO4/c1-3-4-8(2,5-10)6(11)13-7(9)12/h6,10-11H,3-5H2,1-2H3,(H2,9,12). The zero-order valence-corrected chi connectivity index (χ0v) is 7.99. The third kappa shape index (κ3) is 3.61. The molecule has 0 saturated heterocycles. The average Bonchev–Trinajstić information content (AvgIpc) is 2.03. The monoisotopic (exact) mass is 191 g/mol. The fourth-order valence-electron chi connectivity index (χ4n) is 1.10. The minimum Gasteiger partial charge on any atom is -0.419 e. The van der Waals surface area contributed by atoms with Gasteiger partial charge in [-0.05, 0) is 6.42 Å². The lowest BCUT2D eigenvalue weighted by Crippen LogP contribution is -2.40. The van der Waals surface area contributed by atoms with Crippen molar-refractivity contribution in [1.82, 2.24) is 0 Å². The molecule has 0 radical (unpaired) electrons. The molecule has 0 spiro atoms. The molecule has 2 atom stereocenters. The molecule has 0 aliphatic rings. The summed E-state index contributed by atoms with van der Waals surface area (Å²) in [5.41, 5.74) is 3.91. The minimum absolute atomic E-state index is 0.255. The molecular formula is C8H17NO4. The number of carbonyl (C=O) groups is 1. The second kappa shape index (κ2) is 5.04. The second-order valence-electron chi connectivity index (χ2n) is 3.35. The number of hydrogen-bond donors (Lipinski definition) is 3. The Kier molecular flexibility index (Phi) is 4.72. The first-order valence-corrected chi connectivity index (χ1v) is 4.21. The third-order valence-electron chi connectivity index (χ3n) is 2.01. The summed E-state index contributed by atoms with van der Waals surface area (Å²) in [7, 11) is 0. The van der Waals surface area contributed by atoms with E-state index in [4.69, 9.17) is 10.8 Å². The molecule has 0 saturated carbocycles. The highest BCUT2D eigenvalue weighted by molar-refractivity contribution is 5.64. The van der Waals surface area contributed by atoms with Crippen molar-refractivity contribution in [2.75, 3.05) is 6.61 Å². The Bertz CT molecular complexity index is 174. The summed E-state index contributed by atoms with van der Waals surface area (Å²) in [5, 5.41) is 18.4. The van der Waals surface area contributed by atoms with E-state index in [1.54, 1.807) is 6.92 Å². The number of hydrogen-bond acceptors (Lipinski definition) is 4. The number of primary amides is 1. The molecule has 78 valence electrons. The molecule has 4 N–H and O–H groups in total. The van der Waals surface area contributed by atoms with Crippen LogP contribution in [0.2, 0.25) is 0 Å². The van der Waals surface area contributed by atoms with Crippen molar-refractivity contribution in [3.05, 3.63) is 0 Å². The van der Waals surface area contributed by atoms with Gasteiger partial charge >= 0.3 is 6.09 Å². The van der Waals surface area contributed by atoms with Gasteiger partial charge < -0.3 is 20.7 Å². The molecule has 5 heteroatoms. The summed E-state index contributed by atoms with van der Waals surface area (Å²) in [4.78, 5) is 10.3. The summed E-state index contributed by atoms with van der Waals surface area (Å²) in [6, 6.07) is 0. The van der Waals surface area contributed by atoms with E-state index in [1.165, 1.54) is 0 Å². The van der Waals surface area contributed by atoms with E-state index in [0.717, 1.165) is 6.42 Å². The van der Waals surface area contributed by atoms with Gasteiger partial charge in [0.05, 0.1) is 12.0 Å². The first kappa shape index (κ1) is 12.2. The van der Waals surface area contributed by atoms with Gasteiger partial charge in [0, 0.05) is 0 Å². The highest BCUT2D eigenvalue weighted by Gasteiger charge is 2.34. The van der Waals surface area contributed by atoms with Crippen LogP contribution < -0.4 is 5.73 Å². The fraction of sp³-hybridized carbons (Fsp3) is 0.875. The minimum atomic E-state index is -1.35. The zero-order valence-electron chi connectivity index (χ0n) is 7.99. The lowest BCUT2D eigenvalue weighted by atomic mass is 9.86. The van der Waals surface area contributed by atoms with Gasteiger partial charge in [-0.1, -0.05) is 20.3 Å². The molecule has 2 unspecified atom stereocenters. The number of rotatable bonds is 5. The summed E-state index contributed by atoms with van der Waals surface area (Å²) < 4.78 is 4.39. The Balaban J connectivity index is 4.27. The Labute approximate surface area is 77.5 Å². The summed E-state index contributed by atoms with van der Waals surface area (Å²) >= 11 is 0. The van der Waals surface area contributed by atoms with Crippen molar-refractivity contribution in [1.29, 1.82) is 0 Å². The van der Waals surface area contributed by atoms with Crippen molar-refractivity contribution < 1.29 is 19.7 Å². The molecule has 5 nitrogen and oxygen atoms in total. The molecule has 0 aliphatic carbocycles. The van der Waals surface area contributed by atoms with Crippen LogP contribution in [-0.2, 0) is 4.74 Å². The lowest BCUT2D eigenvalue weighted by Gasteiger charge is -2.30. The van der Waals surface area contributed by atoms with Crippen molar-refractivity contribution in [2.45, 2.75) is 33.0 Å². The Morgan fingerprint density at radius 3 is 2.54 bits per heavy atom. The Morgan fingerprint density at radius 1 is 1.69 bits per heavy atom. The van der Waals surface area contributed by atoms with Gasteiger partial charge in [0.1, 0.15) is 0 Å². The van der Waals surface area contributed by atoms with Crippen LogP contribution in [0, 0.1) is 5.41 Å². The molecule has 0 bridgehead atoms. The van der Waals surface area contributed by atoms with E-state index < -0.39 is 17.8 Å². The van der Waals surface area contributed by atoms with Gasteiger partial charge in [-0.2, -0.15) is 0 Å². The Hall–Kier alpha value is -0.810. The van der Waals surface area contributed by atoms with E-state index in [2.05, 4.69) is 4.74 Å². The fourth-order valence-corrected chi connectivity index (χ4v) is 1.10. The molecule has 0 heterocycles. The molecule has 13 heavy (non-hydrogen) atoms. The van der Waals surface area contributed by atoms with Crippen LogP contribution in [0.4, 0.5) is 4.79 Å². The predicted molar refractivity (Wildman–Crippen MR) is 46.8 cm³/mol. The van der Waals surface area contributed by atoms with E-state index in [9.17, 15) is 9.90 Å². The van der Waals surface area contributed by atoms with Gasteiger partial charge in [-0.15, -0.1) is 0 Å². The first-order chi connectivity index (χ1) is 5.96. The highest BCUT2D eigenvalue weighted by atomic mass is 16.6. The van der Waals surface area contributed by atoms with Crippen LogP contribution in [0.1, 0.15) is 26.7 Å². The number of ether oxygens (including phenoxy) is 1. The van der Waals surface area contributed by atoms with Crippen molar-refractivity contribution in [3.63, 3.8) is 0 Å². The lowest BCUT2D eigenvalue weighted by molar-refractivity contribution is -0.147. The van der Waals surface area contributed by atoms with Crippen LogP contribution in [0.3, 0.4) is 0 Å². The summed E-state index contributed by atoms with van der Waals surface area (Å²) in [5.74, 6) is 0. The number of amides is 1. The SMILES string of the molecule is CCCC(C)(CO)C(O)OC(N)=O. The molecule has 0 aromatic heterocycles. The normalized spacial score (nSPS) is 17.5. The van der Waals surface area contributed by atoms with Crippen molar-refractivity contribution >= 4 is 6.09 Å². The van der Waals surface area contributed by atoms with E-state index in [1.807, 2.05) is 6.92 Å². The highest BCUT2D eigenvalue weighted by Crippen LogP contribution is 2.27. The number of nitrogens with two attached hydrogens (primary N) is 1. The number of aliphatic hydroxyl groups is 2. The number of carbonyl (C=O) groups excluding carboxylic acids is 1. The maximum absolute atomic E-state index is 10.3. The first-order valence-electron chi connectivity index (χ1n) is 4.21. The number of aliphatic hydroxyl groups excluding tert-OH is 2.